The summed E-state index contributed by atoms with van der Waals surface area (Å²) in [4.78, 5) is 0. The molecule has 0 aromatic carbocycles. The Balaban J connectivity index is 1.90. The zero-order chi connectivity index (χ0) is 6.10. The van der Waals surface area contributed by atoms with Crippen molar-refractivity contribution in [3.63, 3.8) is 0 Å². The third-order valence-corrected chi connectivity index (χ3v) is 2.27. The molecule has 2 nitrogen and oxygen atoms in total. The van der Waals surface area contributed by atoms with E-state index < -0.39 is 0 Å². The minimum Gasteiger partial charge on any atom is -0.375 e. The van der Waals surface area contributed by atoms with E-state index in [1.54, 1.807) is 0 Å². The minimum absolute atomic E-state index is 0.562. The molecule has 52 valence electrons. The second-order valence-electron chi connectivity index (χ2n) is 2.92. The molecule has 2 aliphatic rings. The highest BCUT2D eigenvalue weighted by Crippen LogP contribution is 2.19. The number of rotatable bonds is 0. The Bertz CT molecular complexity index is 93.1. The van der Waals surface area contributed by atoms with E-state index in [1.165, 1.54) is 19.3 Å². The normalized spacial score (nSPS) is 42.7. The van der Waals surface area contributed by atoms with Crippen molar-refractivity contribution in [3.8, 4) is 0 Å². The summed E-state index contributed by atoms with van der Waals surface area (Å²) in [5, 5.41) is 3.36. The third kappa shape index (κ3) is 0.970. The summed E-state index contributed by atoms with van der Waals surface area (Å²) >= 11 is 0. The van der Waals surface area contributed by atoms with Gasteiger partial charge in [-0.2, -0.15) is 0 Å². The summed E-state index contributed by atoms with van der Waals surface area (Å²) in [5.74, 6) is 0. The molecular weight excluding hydrogens is 114 g/mol. The summed E-state index contributed by atoms with van der Waals surface area (Å²) in [6.45, 7) is 2.08. The standard InChI is InChI=1S/C7H13NO/c1-2-4-9-7-5-8-6(7)3-1/h6-8H,1-5H2. The van der Waals surface area contributed by atoms with Crippen LogP contribution in [0.1, 0.15) is 19.3 Å². The molecular formula is C7H13NO. The predicted molar refractivity (Wildman–Crippen MR) is 35.4 cm³/mol. The van der Waals surface area contributed by atoms with Gasteiger partial charge in [0.1, 0.15) is 0 Å². The molecule has 2 fully saturated rings. The molecule has 0 spiro atoms. The van der Waals surface area contributed by atoms with E-state index in [2.05, 4.69) is 5.32 Å². The van der Waals surface area contributed by atoms with Gasteiger partial charge in [0, 0.05) is 19.2 Å². The van der Waals surface area contributed by atoms with Crippen LogP contribution in [-0.4, -0.2) is 25.3 Å². The highest BCUT2D eigenvalue weighted by atomic mass is 16.5. The van der Waals surface area contributed by atoms with E-state index in [4.69, 9.17) is 4.74 Å². The van der Waals surface area contributed by atoms with Crippen LogP contribution >= 0.6 is 0 Å². The van der Waals surface area contributed by atoms with E-state index in [9.17, 15) is 0 Å². The molecule has 2 atom stereocenters. The van der Waals surface area contributed by atoms with Crippen molar-refractivity contribution in [3.05, 3.63) is 0 Å². The fourth-order valence-electron chi connectivity index (χ4n) is 1.54. The van der Waals surface area contributed by atoms with Crippen LogP contribution < -0.4 is 5.32 Å². The molecule has 0 bridgehead atoms. The van der Waals surface area contributed by atoms with Crippen molar-refractivity contribution < 1.29 is 4.74 Å². The Morgan fingerprint density at radius 1 is 1.33 bits per heavy atom. The van der Waals surface area contributed by atoms with Gasteiger partial charge in [0.05, 0.1) is 6.10 Å². The van der Waals surface area contributed by atoms with E-state index in [1.807, 2.05) is 0 Å². The molecule has 2 heterocycles. The number of hydrogen-bond acceptors (Lipinski definition) is 2. The van der Waals surface area contributed by atoms with E-state index in [0.717, 1.165) is 13.2 Å². The molecule has 2 aliphatic heterocycles. The molecule has 2 rings (SSSR count). The van der Waals surface area contributed by atoms with Crippen molar-refractivity contribution in [1.82, 2.24) is 5.32 Å². The Hall–Kier alpha value is -0.0800. The van der Waals surface area contributed by atoms with Gasteiger partial charge >= 0.3 is 0 Å². The lowest BCUT2D eigenvalue weighted by Crippen LogP contribution is -2.57. The lowest BCUT2D eigenvalue weighted by Gasteiger charge is -2.35. The van der Waals surface area contributed by atoms with Gasteiger partial charge in [-0.25, -0.2) is 0 Å². The molecule has 1 N–H and O–H groups in total. The lowest BCUT2D eigenvalue weighted by atomic mass is 9.99. The van der Waals surface area contributed by atoms with Gasteiger partial charge in [0.15, 0.2) is 0 Å². The first kappa shape index (κ1) is 5.69. The van der Waals surface area contributed by atoms with Crippen molar-refractivity contribution in [2.45, 2.75) is 31.4 Å². The van der Waals surface area contributed by atoms with E-state index in [0.29, 0.717) is 12.1 Å². The second-order valence-corrected chi connectivity index (χ2v) is 2.92. The van der Waals surface area contributed by atoms with Crippen LogP contribution in [0.5, 0.6) is 0 Å². The Labute approximate surface area is 55.6 Å². The molecule has 0 aromatic rings. The quantitative estimate of drug-likeness (QED) is 0.512. The highest BCUT2D eigenvalue weighted by Gasteiger charge is 2.31. The molecule has 2 heteroatoms. The summed E-state index contributed by atoms with van der Waals surface area (Å²) < 4.78 is 5.54. The van der Waals surface area contributed by atoms with Gasteiger partial charge in [0.2, 0.25) is 0 Å². The van der Waals surface area contributed by atoms with Crippen LogP contribution in [0.4, 0.5) is 0 Å². The zero-order valence-electron chi connectivity index (χ0n) is 5.60. The van der Waals surface area contributed by atoms with Gasteiger partial charge in [-0.05, 0) is 19.3 Å². The van der Waals surface area contributed by atoms with Crippen molar-refractivity contribution in [1.29, 1.82) is 0 Å². The summed E-state index contributed by atoms with van der Waals surface area (Å²) in [6.07, 6.45) is 4.49. The SMILES string of the molecule is C1CCC2NCC2OC1. The maximum Gasteiger partial charge on any atom is 0.0852 e. The van der Waals surface area contributed by atoms with Crippen LogP contribution in [0.3, 0.4) is 0 Å². The molecule has 9 heavy (non-hydrogen) atoms. The lowest BCUT2D eigenvalue weighted by molar-refractivity contribution is -0.00524. The first-order chi connectivity index (χ1) is 4.47. The molecule has 2 unspecified atom stereocenters. The maximum atomic E-state index is 5.54. The fourth-order valence-corrected chi connectivity index (χ4v) is 1.54. The van der Waals surface area contributed by atoms with Crippen LogP contribution in [0.2, 0.25) is 0 Å². The summed E-state index contributed by atoms with van der Waals surface area (Å²) in [5.41, 5.74) is 0. The zero-order valence-corrected chi connectivity index (χ0v) is 5.60. The first-order valence-corrected chi connectivity index (χ1v) is 3.82. The van der Waals surface area contributed by atoms with E-state index in [-0.39, 0.29) is 0 Å². The monoisotopic (exact) mass is 127 g/mol. The predicted octanol–water partition coefficient (Wildman–Crippen LogP) is 0.527. The van der Waals surface area contributed by atoms with Gasteiger partial charge in [-0.3, -0.25) is 0 Å². The summed E-state index contributed by atoms with van der Waals surface area (Å²) in [6, 6.07) is 0.701. The van der Waals surface area contributed by atoms with Crippen molar-refractivity contribution in [2.24, 2.45) is 0 Å². The molecule has 0 aromatic heterocycles. The highest BCUT2D eigenvalue weighted by molar-refractivity contribution is 4.90. The molecule has 0 radical (unpaired) electrons. The average Bonchev–Trinajstić information content (AvgIpc) is 1.94. The molecule has 2 saturated heterocycles. The minimum atomic E-state index is 0.562. The van der Waals surface area contributed by atoms with Crippen LogP contribution in [0.25, 0.3) is 0 Å². The number of nitrogens with one attached hydrogen (secondary N) is 1. The third-order valence-electron chi connectivity index (χ3n) is 2.27. The first-order valence-electron chi connectivity index (χ1n) is 3.82. The van der Waals surface area contributed by atoms with Crippen molar-refractivity contribution in [2.75, 3.05) is 13.2 Å². The average molecular weight is 127 g/mol. The number of fused-ring (bicyclic) bond motifs is 1. The van der Waals surface area contributed by atoms with Crippen molar-refractivity contribution >= 4 is 0 Å². The largest absolute Gasteiger partial charge is 0.375 e. The Kier molecular flexibility index (Phi) is 1.44. The van der Waals surface area contributed by atoms with Gasteiger partial charge in [0.25, 0.3) is 0 Å². The smallest absolute Gasteiger partial charge is 0.0852 e. The summed E-state index contributed by atoms with van der Waals surface area (Å²) in [7, 11) is 0. The fraction of sp³-hybridized carbons (Fsp3) is 1.00. The van der Waals surface area contributed by atoms with Gasteiger partial charge < -0.3 is 10.1 Å². The second kappa shape index (κ2) is 2.27. The van der Waals surface area contributed by atoms with Crippen LogP contribution in [0, 0.1) is 0 Å². The number of ether oxygens (including phenoxy) is 1. The van der Waals surface area contributed by atoms with E-state index >= 15 is 0 Å². The topological polar surface area (TPSA) is 21.3 Å². The molecule has 0 saturated carbocycles. The molecule has 0 amide bonds. The molecule has 0 aliphatic carbocycles. The Morgan fingerprint density at radius 3 is 3.11 bits per heavy atom. The maximum absolute atomic E-state index is 5.54. The van der Waals surface area contributed by atoms with Gasteiger partial charge in [-0.15, -0.1) is 0 Å². The Morgan fingerprint density at radius 2 is 2.33 bits per heavy atom. The van der Waals surface area contributed by atoms with Gasteiger partial charge in [-0.1, -0.05) is 0 Å². The van der Waals surface area contributed by atoms with Crippen LogP contribution in [0.15, 0.2) is 0 Å². The van der Waals surface area contributed by atoms with Crippen LogP contribution in [-0.2, 0) is 4.74 Å². The number of hydrogen-bond donors (Lipinski definition) is 1.